The van der Waals surface area contributed by atoms with Crippen LogP contribution in [0, 0.1) is 6.92 Å². The van der Waals surface area contributed by atoms with Crippen molar-refractivity contribution in [1.82, 2.24) is 15.2 Å². The van der Waals surface area contributed by atoms with Gasteiger partial charge in [0.2, 0.25) is 10.0 Å². The van der Waals surface area contributed by atoms with Crippen LogP contribution in [-0.2, 0) is 10.0 Å². The minimum atomic E-state index is -3.44. The Hall–Kier alpha value is -3.98. The van der Waals surface area contributed by atoms with Gasteiger partial charge in [0.15, 0.2) is 11.6 Å². The van der Waals surface area contributed by atoms with Crippen molar-refractivity contribution in [2.24, 2.45) is 0 Å². The van der Waals surface area contributed by atoms with Gasteiger partial charge in [0.25, 0.3) is 5.91 Å². The Kier molecular flexibility index (Phi) is 5.74. The number of hydrogen-bond donors (Lipinski definition) is 3. The van der Waals surface area contributed by atoms with Gasteiger partial charge in [-0.3, -0.25) is 14.6 Å². The normalized spacial score (nSPS) is 11.2. The maximum absolute atomic E-state index is 12.6. The first-order chi connectivity index (χ1) is 15.3. The third-order valence-corrected chi connectivity index (χ3v) is 5.32. The monoisotopic (exact) mass is 447 g/mol. The fraction of sp³-hybridized carbons (Fsp3) is 0.0870. The van der Waals surface area contributed by atoms with E-state index >= 15 is 0 Å². The van der Waals surface area contributed by atoms with E-state index in [4.69, 9.17) is 0 Å². The van der Waals surface area contributed by atoms with Crippen molar-refractivity contribution < 1.29 is 13.2 Å². The van der Waals surface area contributed by atoms with E-state index in [2.05, 4.69) is 25.2 Å². The molecular formula is C23H21N5O3S. The topological polar surface area (TPSA) is 117 Å². The van der Waals surface area contributed by atoms with Crippen molar-refractivity contribution >= 4 is 27.3 Å². The van der Waals surface area contributed by atoms with E-state index < -0.39 is 10.0 Å². The van der Waals surface area contributed by atoms with Gasteiger partial charge in [-0.2, -0.15) is 5.10 Å². The van der Waals surface area contributed by atoms with E-state index in [0.29, 0.717) is 28.6 Å². The minimum Gasteiger partial charge on any atom is -0.322 e. The molecule has 0 unspecified atom stereocenters. The first-order valence-corrected chi connectivity index (χ1v) is 11.7. The number of anilines is 2. The molecule has 0 bridgehead atoms. The second-order valence-electron chi connectivity index (χ2n) is 7.31. The molecule has 0 saturated heterocycles. The average Bonchev–Trinajstić information content (AvgIpc) is 3.26. The Labute approximate surface area is 185 Å². The van der Waals surface area contributed by atoms with Crippen LogP contribution in [0.5, 0.6) is 0 Å². The molecule has 162 valence electrons. The molecule has 0 aliphatic heterocycles. The fourth-order valence-electron chi connectivity index (χ4n) is 3.09. The van der Waals surface area contributed by atoms with Gasteiger partial charge in [0.1, 0.15) is 0 Å². The molecular weight excluding hydrogens is 426 g/mol. The summed E-state index contributed by atoms with van der Waals surface area (Å²) in [6, 6.07) is 21.7. The maximum Gasteiger partial charge on any atom is 0.255 e. The third-order valence-electron chi connectivity index (χ3n) is 4.73. The predicted molar refractivity (Wildman–Crippen MR) is 125 cm³/mol. The molecule has 0 atom stereocenters. The highest BCUT2D eigenvalue weighted by Gasteiger charge is 2.12. The van der Waals surface area contributed by atoms with Crippen LogP contribution in [0.25, 0.3) is 22.8 Å². The molecule has 0 aliphatic rings. The number of nitrogens with one attached hydrogen (secondary N) is 3. The number of sulfonamides is 1. The Balaban J connectivity index is 1.48. The second-order valence-corrected chi connectivity index (χ2v) is 9.06. The molecule has 0 aliphatic carbocycles. The number of carbonyl (C=O) groups is 1. The van der Waals surface area contributed by atoms with E-state index in [0.717, 1.165) is 22.9 Å². The summed E-state index contributed by atoms with van der Waals surface area (Å²) in [7, 11) is -3.44. The lowest BCUT2D eigenvalue weighted by Crippen LogP contribution is -2.14. The molecule has 8 nitrogen and oxygen atoms in total. The van der Waals surface area contributed by atoms with Gasteiger partial charge in [-0.25, -0.2) is 13.4 Å². The fourth-order valence-corrected chi connectivity index (χ4v) is 3.71. The third kappa shape index (κ3) is 5.01. The molecule has 3 aromatic carbocycles. The summed E-state index contributed by atoms with van der Waals surface area (Å²) in [5.74, 6) is 0.882. The number of amides is 1. The van der Waals surface area contributed by atoms with Crippen LogP contribution >= 0.6 is 0 Å². The first-order valence-electron chi connectivity index (χ1n) is 9.76. The number of benzene rings is 3. The second kappa shape index (κ2) is 8.64. The van der Waals surface area contributed by atoms with Gasteiger partial charge in [-0.15, -0.1) is 0 Å². The molecule has 4 rings (SSSR count). The zero-order chi connectivity index (χ0) is 22.7. The highest BCUT2D eigenvalue weighted by molar-refractivity contribution is 7.92. The number of aromatic nitrogens is 3. The van der Waals surface area contributed by atoms with Crippen LogP contribution in [0.2, 0.25) is 0 Å². The summed E-state index contributed by atoms with van der Waals surface area (Å²) in [6.07, 6.45) is 1.07. The number of aromatic amines is 1. The molecule has 0 spiro atoms. The molecule has 1 heterocycles. The SMILES string of the molecule is Cc1ccc(C(=O)Nc2ccc(-c3nc(-c4ccccc4)n[nH]3)cc2)cc1NS(C)(=O)=O. The Bertz CT molecular complexity index is 1360. The van der Waals surface area contributed by atoms with Gasteiger partial charge in [-0.1, -0.05) is 36.4 Å². The van der Waals surface area contributed by atoms with Gasteiger partial charge in [0.05, 0.1) is 11.9 Å². The van der Waals surface area contributed by atoms with Crippen molar-refractivity contribution in [2.75, 3.05) is 16.3 Å². The van der Waals surface area contributed by atoms with Gasteiger partial charge in [-0.05, 0) is 48.9 Å². The Morgan fingerprint density at radius 3 is 2.34 bits per heavy atom. The smallest absolute Gasteiger partial charge is 0.255 e. The van der Waals surface area contributed by atoms with Crippen molar-refractivity contribution in [1.29, 1.82) is 0 Å². The van der Waals surface area contributed by atoms with E-state index in [1.54, 1.807) is 31.2 Å². The lowest BCUT2D eigenvalue weighted by Gasteiger charge is -2.11. The molecule has 0 saturated carbocycles. The molecule has 3 N–H and O–H groups in total. The molecule has 9 heteroatoms. The number of hydrogen-bond acceptors (Lipinski definition) is 5. The Morgan fingerprint density at radius 2 is 1.66 bits per heavy atom. The summed E-state index contributed by atoms with van der Waals surface area (Å²) in [6.45, 7) is 1.76. The number of nitrogens with zero attached hydrogens (tertiary/aromatic N) is 2. The van der Waals surface area contributed by atoms with Crippen molar-refractivity contribution in [3.8, 4) is 22.8 Å². The van der Waals surface area contributed by atoms with Crippen LogP contribution < -0.4 is 10.0 Å². The Morgan fingerprint density at radius 1 is 0.938 bits per heavy atom. The summed E-state index contributed by atoms with van der Waals surface area (Å²) >= 11 is 0. The molecule has 1 aromatic heterocycles. The maximum atomic E-state index is 12.6. The number of aryl methyl sites for hydroxylation is 1. The van der Waals surface area contributed by atoms with Gasteiger partial charge in [0, 0.05) is 22.4 Å². The molecule has 0 radical (unpaired) electrons. The van der Waals surface area contributed by atoms with E-state index in [9.17, 15) is 13.2 Å². The molecule has 32 heavy (non-hydrogen) atoms. The summed E-state index contributed by atoms with van der Waals surface area (Å²) in [5, 5.41) is 10.0. The van der Waals surface area contributed by atoms with E-state index in [1.165, 1.54) is 6.07 Å². The largest absolute Gasteiger partial charge is 0.322 e. The van der Waals surface area contributed by atoms with Gasteiger partial charge < -0.3 is 5.32 Å². The first kappa shape index (κ1) is 21.3. The molecule has 4 aromatic rings. The lowest BCUT2D eigenvalue weighted by molar-refractivity contribution is 0.102. The van der Waals surface area contributed by atoms with Gasteiger partial charge >= 0.3 is 0 Å². The highest BCUT2D eigenvalue weighted by Crippen LogP contribution is 2.23. The standard InChI is InChI=1S/C23H21N5O3S/c1-15-8-9-18(14-20(15)28-32(2,30)31)23(29)24-19-12-10-17(11-13-19)22-25-21(26-27-22)16-6-4-3-5-7-16/h3-14,28H,1-2H3,(H,24,29)(H,25,26,27). The number of H-pyrrole nitrogens is 1. The van der Waals surface area contributed by atoms with Crippen molar-refractivity contribution in [2.45, 2.75) is 6.92 Å². The lowest BCUT2D eigenvalue weighted by atomic mass is 10.1. The summed E-state index contributed by atoms with van der Waals surface area (Å²) < 4.78 is 25.5. The summed E-state index contributed by atoms with van der Waals surface area (Å²) in [5.41, 5.74) is 3.77. The van der Waals surface area contributed by atoms with Crippen LogP contribution in [0.15, 0.2) is 72.8 Å². The van der Waals surface area contributed by atoms with E-state index in [-0.39, 0.29) is 5.91 Å². The molecule has 1 amide bonds. The van der Waals surface area contributed by atoms with Crippen LogP contribution in [0.4, 0.5) is 11.4 Å². The van der Waals surface area contributed by atoms with Crippen LogP contribution in [0.3, 0.4) is 0 Å². The zero-order valence-electron chi connectivity index (χ0n) is 17.5. The van der Waals surface area contributed by atoms with Crippen molar-refractivity contribution in [3.63, 3.8) is 0 Å². The molecule has 0 fully saturated rings. The highest BCUT2D eigenvalue weighted by atomic mass is 32.2. The van der Waals surface area contributed by atoms with Crippen LogP contribution in [0.1, 0.15) is 15.9 Å². The quantitative estimate of drug-likeness (QED) is 0.412. The van der Waals surface area contributed by atoms with Crippen molar-refractivity contribution in [3.05, 3.63) is 83.9 Å². The minimum absolute atomic E-state index is 0.341. The zero-order valence-corrected chi connectivity index (χ0v) is 18.3. The van der Waals surface area contributed by atoms with Crippen LogP contribution in [-0.4, -0.2) is 35.8 Å². The number of carbonyl (C=O) groups excluding carboxylic acids is 1. The summed E-state index contributed by atoms with van der Waals surface area (Å²) in [4.78, 5) is 17.2. The number of rotatable bonds is 6. The van der Waals surface area contributed by atoms with E-state index in [1.807, 2.05) is 42.5 Å². The predicted octanol–water partition coefficient (Wildman–Crippen LogP) is 4.07. The average molecular weight is 448 g/mol.